The Morgan fingerprint density at radius 1 is 1.29 bits per heavy atom. The molecule has 2 N–H and O–H groups in total. The quantitative estimate of drug-likeness (QED) is 0.812. The van der Waals surface area contributed by atoms with Crippen molar-refractivity contribution in [3.8, 4) is 11.1 Å². The molecule has 0 atom stereocenters. The number of rotatable bonds is 2. The summed E-state index contributed by atoms with van der Waals surface area (Å²) in [5.41, 5.74) is 7.00. The predicted molar refractivity (Wildman–Crippen MR) is 56.1 cm³/mol. The van der Waals surface area contributed by atoms with E-state index in [0.29, 0.717) is 4.88 Å². The zero-order valence-electron chi connectivity index (χ0n) is 7.31. The third-order valence-corrected chi connectivity index (χ3v) is 2.69. The van der Waals surface area contributed by atoms with E-state index in [1.807, 2.05) is 30.3 Å². The average molecular weight is 204 g/mol. The Labute approximate surface area is 85.4 Å². The van der Waals surface area contributed by atoms with Crippen LogP contribution in [0.15, 0.2) is 36.5 Å². The molecule has 1 heterocycles. The highest BCUT2D eigenvalue weighted by atomic mass is 32.1. The summed E-state index contributed by atoms with van der Waals surface area (Å²) < 4.78 is 3.96. The van der Waals surface area contributed by atoms with Crippen LogP contribution in [-0.2, 0) is 0 Å². The topological polar surface area (TPSA) is 56.0 Å². The molecule has 0 saturated carbocycles. The molecule has 0 aliphatic heterocycles. The second kappa shape index (κ2) is 3.59. The lowest BCUT2D eigenvalue weighted by atomic mass is 10.1. The summed E-state index contributed by atoms with van der Waals surface area (Å²) in [6, 6.07) is 9.61. The van der Waals surface area contributed by atoms with Crippen LogP contribution in [0.3, 0.4) is 0 Å². The second-order valence-corrected chi connectivity index (χ2v) is 3.60. The first kappa shape index (κ1) is 8.90. The molecule has 1 aromatic heterocycles. The molecule has 0 aliphatic rings. The number of carbonyl (C=O) groups excluding carboxylic acids is 1. The molecule has 0 fully saturated rings. The van der Waals surface area contributed by atoms with Crippen molar-refractivity contribution >= 4 is 17.4 Å². The van der Waals surface area contributed by atoms with Gasteiger partial charge in [0.15, 0.2) is 0 Å². The Bertz CT molecular complexity index is 450. The van der Waals surface area contributed by atoms with Crippen LogP contribution in [0.5, 0.6) is 0 Å². The Morgan fingerprint density at radius 2 is 2.00 bits per heavy atom. The van der Waals surface area contributed by atoms with Gasteiger partial charge >= 0.3 is 0 Å². The number of nitrogens with two attached hydrogens (primary N) is 1. The molecule has 0 aliphatic carbocycles. The smallest absolute Gasteiger partial charge is 0.261 e. The molecule has 0 radical (unpaired) electrons. The van der Waals surface area contributed by atoms with Gasteiger partial charge in [0.05, 0.1) is 0 Å². The molecule has 1 aromatic carbocycles. The van der Waals surface area contributed by atoms with Crippen LogP contribution in [0, 0.1) is 0 Å². The SMILES string of the molecule is NC(=O)c1sncc1-c1ccccc1. The summed E-state index contributed by atoms with van der Waals surface area (Å²) in [6.45, 7) is 0. The van der Waals surface area contributed by atoms with E-state index < -0.39 is 5.91 Å². The van der Waals surface area contributed by atoms with E-state index in [4.69, 9.17) is 5.73 Å². The van der Waals surface area contributed by atoms with Crippen molar-refractivity contribution in [3.63, 3.8) is 0 Å². The van der Waals surface area contributed by atoms with Gasteiger partial charge in [-0.1, -0.05) is 30.3 Å². The van der Waals surface area contributed by atoms with Crippen LogP contribution in [0.4, 0.5) is 0 Å². The van der Waals surface area contributed by atoms with Gasteiger partial charge in [-0.05, 0) is 17.1 Å². The summed E-state index contributed by atoms with van der Waals surface area (Å²) in [7, 11) is 0. The summed E-state index contributed by atoms with van der Waals surface area (Å²) in [5, 5.41) is 0. The second-order valence-electron chi connectivity index (χ2n) is 2.80. The van der Waals surface area contributed by atoms with E-state index in [1.165, 1.54) is 0 Å². The number of benzene rings is 1. The monoisotopic (exact) mass is 204 g/mol. The third kappa shape index (κ3) is 1.52. The van der Waals surface area contributed by atoms with Gasteiger partial charge in [-0.2, -0.15) is 4.37 Å². The first-order valence-corrected chi connectivity index (χ1v) is 4.86. The van der Waals surface area contributed by atoms with Crippen molar-refractivity contribution < 1.29 is 4.79 Å². The van der Waals surface area contributed by atoms with Gasteiger partial charge in [-0.25, -0.2) is 0 Å². The summed E-state index contributed by atoms with van der Waals surface area (Å²) in [5.74, 6) is -0.425. The fourth-order valence-corrected chi connectivity index (χ4v) is 1.86. The Hall–Kier alpha value is -1.68. The van der Waals surface area contributed by atoms with Crippen molar-refractivity contribution in [2.45, 2.75) is 0 Å². The molecular formula is C10H8N2OS. The third-order valence-electron chi connectivity index (χ3n) is 1.88. The van der Waals surface area contributed by atoms with Crippen LogP contribution < -0.4 is 5.73 Å². The Kier molecular flexibility index (Phi) is 2.28. The average Bonchev–Trinajstić information content (AvgIpc) is 2.67. The van der Waals surface area contributed by atoms with E-state index in [-0.39, 0.29) is 0 Å². The number of carbonyl (C=O) groups is 1. The molecular weight excluding hydrogens is 196 g/mol. The highest BCUT2D eigenvalue weighted by molar-refractivity contribution is 7.08. The van der Waals surface area contributed by atoms with E-state index in [2.05, 4.69) is 4.37 Å². The lowest BCUT2D eigenvalue weighted by Gasteiger charge is -1.98. The number of nitrogens with zero attached hydrogens (tertiary/aromatic N) is 1. The molecule has 0 bridgehead atoms. The number of amides is 1. The van der Waals surface area contributed by atoms with Crippen LogP contribution >= 0.6 is 11.5 Å². The van der Waals surface area contributed by atoms with Crippen LogP contribution in [0.25, 0.3) is 11.1 Å². The van der Waals surface area contributed by atoms with Crippen molar-refractivity contribution in [1.29, 1.82) is 0 Å². The van der Waals surface area contributed by atoms with Gasteiger partial charge in [0, 0.05) is 11.8 Å². The van der Waals surface area contributed by atoms with Crippen molar-refractivity contribution in [2.24, 2.45) is 5.73 Å². The zero-order valence-corrected chi connectivity index (χ0v) is 8.12. The molecule has 2 rings (SSSR count). The maximum Gasteiger partial charge on any atom is 0.261 e. The van der Waals surface area contributed by atoms with Crippen molar-refractivity contribution in [2.75, 3.05) is 0 Å². The molecule has 14 heavy (non-hydrogen) atoms. The maximum absolute atomic E-state index is 11.0. The minimum atomic E-state index is -0.425. The maximum atomic E-state index is 11.0. The van der Waals surface area contributed by atoms with Gasteiger partial charge in [-0.15, -0.1) is 0 Å². The van der Waals surface area contributed by atoms with Gasteiger partial charge < -0.3 is 5.73 Å². The van der Waals surface area contributed by atoms with E-state index in [9.17, 15) is 4.79 Å². The lowest BCUT2D eigenvalue weighted by molar-refractivity contribution is 0.100. The summed E-state index contributed by atoms with van der Waals surface area (Å²) in [4.78, 5) is 11.6. The number of aromatic nitrogens is 1. The van der Waals surface area contributed by atoms with Crippen molar-refractivity contribution in [3.05, 3.63) is 41.4 Å². The number of primary amides is 1. The van der Waals surface area contributed by atoms with Gasteiger partial charge in [0.1, 0.15) is 4.88 Å². The highest BCUT2D eigenvalue weighted by Crippen LogP contribution is 2.25. The van der Waals surface area contributed by atoms with Gasteiger partial charge in [0.25, 0.3) is 5.91 Å². The van der Waals surface area contributed by atoms with Crippen molar-refractivity contribution in [1.82, 2.24) is 4.37 Å². The summed E-state index contributed by atoms with van der Waals surface area (Å²) >= 11 is 1.13. The van der Waals surface area contributed by atoms with Gasteiger partial charge in [-0.3, -0.25) is 4.79 Å². The number of hydrogen-bond donors (Lipinski definition) is 1. The zero-order chi connectivity index (χ0) is 9.97. The van der Waals surface area contributed by atoms with E-state index in [1.54, 1.807) is 6.20 Å². The minimum Gasteiger partial charge on any atom is -0.365 e. The van der Waals surface area contributed by atoms with Crippen LogP contribution in [0.1, 0.15) is 9.67 Å². The fourth-order valence-electron chi connectivity index (χ4n) is 1.24. The molecule has 0 spiro atoms. The van der Waals surface area contributed by atoms with E-state index >= 15 is 0 Å². The van der Waals surface area contributed by atoms with Crippen LogP contribution in [0.2, 0.25) is 0 Å². The standard InChI is InChI=1S/C10H8N2OS/c11-10(13)9-8(6-12-14-9)7-4-2-1-3-5-7/h1-6H,(H2,11,13). The molecule has 0 unspecified atom stereocenters. The first-order valence-electron chi connectivity index (χ1n) is 4.09. The Balaban J connectivity index is 2.52. The fraction of sp³-hybridized carbons (Fsp3) is 0. The summed E-state index contributed by atoms with van der Waals surface area (Å²) in [6.07, 6.45) is 1.67. The van der Waals surface area contributed by atoms with Crippen LogP contribution in [-0.4, -0.2) is 10.3 Å². The Morgan fingerprint density at radius 3 is 2.64 bits per heavy atom. The molecule has 70 valence electrons. The number of hydrogen-bond acceptors (Lipinski definition) is 3. The molecule has 1 amide bonds. The first-order chi connectivity index (χ1) is 6.79. The predicted octanol–water partition coefficient (Wildman–Crippen LogP) is 1.91. The molecule has 2 aromatic rings. The lowest BCUT2D eigenvalue weighted by Crippen LogP contribution is -2.09. The van der Waals surface area contributed by atoms with Gasteiger partial charge in [0.2, 0.25) is 0 Å². The largest absolute Gasteiger partial charge is 0.365 e. The molecule has 3 nitrogen and oxygen atoms in total. The normalized spacial score (nSPS) is 10.0. The minimum absolute atomic E-state index is 0.425. The molecule has 0 saturated heterocycles. The van der Waals surface area contributed by atoms with E-state index in [0.717, 1.165) is 22.7 Å². The highest BCUT2D eigenvalue weighted by Gasteiger charge is 2.11. The molecule has 4 heteroatoms.